The van der Waals surface area contributed by atoms with Gasteiger partial charge in [0.2, 0.25) is 4.80 Å². The standard InChI is InChI=1S/C21H20FN3O2S/c1-4-11-23-21-25(19(14-28-21)15-5-8-17(22)9-6-15)24-13-16-7-10-18(26-2)12-20(16)27-3/h4-10,12-14H,1,11H2,2-3H3. The summed E-state index contributed by atoms with van der Waals surface area (Å²) in [5, 5.41) is 6.55. The number of thiazole rings is 1. The second-order valence-electron chi connectivity index (χ2n) is 5.70. The highest BCUT2D eigenvalue weighted by Crippen LogP contribution is 2.24. The Balaban J connectivity index is 2.07. The lowest BCUT2D eigenvalue weighted by atomic mass is 10.2. The molecule has 144 valence electrons. The third kappa shape index (κ3) is 4.37. The summed E-state index contributed by atoms with van der Waals surface area (Å²) < 4.78 is 25.7. The minimum Gasteiger partial charge on any atom is -0.497 e. The van der Waals surface area contributed by atoms with Crippen molar-refractivity contribution in [3.05, 3.63) is 76.7 Å². The van der Waals surface area contributed by atoms with Crippen molar-refractivity contribution in [1.82, 2.24) is 4.68 Å². The molecule has 1 heterocycles. The summed E-state index contributed by atoms with van der Waals surface area (Å²) in [7, 11) is 3.20. The van der Waals surface area contributed by atoms with Crippen LogP contribution in [0.15, 0.2) is 70.6 Å². The van der Waals surface area contributed by atoms with Gasteiger partial charge in [-0.25, -0.2) is 9.07 Å². The van der Waals surface area contributed by atoms with Gasteiger partial charge in [-0.2, -0.15) is 5.10 Å². The minimum atomic E-state index is -0.284. The van der Waals surface area contributed by atoms with Crippen molar-refractivity contribution >= 4 is 17.6 Å². The SMILES string of the molecule is C=CCN=c1scc(-c2ccc(F)cc2)n1N=Cc1ccc(OC)cc1OC. The zero-order chi connectivity index (χ0) is 19.9. The molecule has 0 aliphatic rings. The van der Waals surface area contributed by atoms with E-state index in [1.54, 1.807) is 49.4 Å². The predicted molar refractivity (Wildman–Crippen MR) is 111 cm³/mol. The zero-order valence-electron chi connectivity index (χ0n) is 15.6. The topological polar surface area (TPSA) is 48.1 Å². The fraction of sp³-hybridized carbons (Fsp3) is 0.143. The first kappa shape index (κ1) is 19.6. The van der Waals surface area contributed by atoms with Gasteiger partial charge in [0.05, 0.1) is 32.7 Å². The van der Waals surface area contributed by atoms with E-state index in [4.69, 9.17) is 9.47 Å². The van der Waals surface area contributed by atoms with Crippen molar-refractivity contribution in [2.24, 2.45) is 10.1 Å². The molecule has 7 heteroatoms. The van der Waals surface area contributed by atoms with Crippen molar-refractivity contribution in [1.29, 1.82) is 0 Å². The number of methoxy groups -OCH3 is 2. The molecule has 1 aromatic heterocycles. The summed E-state index contributed by atoms with van der Waals surface area (Å²) in [5.41, 5.74) is 2.45. The Hall–Kier alpha value is -3.19. The Morgan fingerprint density at radius 1 is 1.14 bits per heavy atom. The Labute approximate surface area is 166 Å². The quantitative estimate of drug-likeness (QED) is 0.440. The molecular formula is C21H20FN3O2S. The summed E-state index contributed by atoms with van der Waals surface area (Å²) in [5.74, 6) is 1.06. The third-order valence-corrected chi connectivity index (χ3v) is 4.79. The molecule has 2 aromatic carbocycles. The van der Waals surface area contributed by atoms with Crippen LogP contribution in [-0.4, -0.2) is 31.7 Å². The van der Waals surface area contributed by atoms with Crippen LogP contribution in [0.25, 0.3) is 11.3 Å². The third-order valence-electron chi connectivity index (χ3n) is 3.93. The maximum absolute atomic E-state index is 13.3. The Bertz CT molecular complexity index is 1050. The van der Waals surface area contributed by atoms with E-state index in [9.17, 15) is 4.39 Å². The smallest absolute Gasteiger partial charge is 0.206 e. The van der Waals surface area contributed by atoms with E-state index >= 15 is 0 Å². The minimum absolute atomic E-state index is 0.284. The van der Waals surface area contributed by atoms with Gasteiger partial charge in [0.1, 0.15) is 17.3 Å². The normalized spacial score (nSPS) is 11.8. The van der Waals surface area contributed by atoms with Crippen molar-refractivity contribution < 1.29 is 13.9 Å². The lowest BCUT2D eigenvalue weighted by molar-refractivity contribution is 0.394. The molecule has 0 saturated carbocycles. The largest absolute Gasteiger partial charge is 0.497 e. The Kier molecular flexibility index (Phi) is 6.39. The fourth-order valence-corrected chi connectivity index (χ4v) is 3.37. The van der Waals surface area contributed by atoms with Crippen molar-refractivity contribution in [3.8, 4) is 22.8 Å². The molecule has 0 aliphatic carbocycles. The van der Waals surface area contributed by atoms with Crippen LogP contribution >= 0.6 is 11.3 Å². The molecule has 3 rings (SSSR count). The number of halogens is 1. The van der Waals surface area contributed by atoms with Gasteiger partial charge in [0, 0.05) is 22.6 Å². The van der Waals surface area contributed by atoms with Gasteiger partial charge in [-0.15, -0.1) is 17.9 Å². The molecule has 0 spiro atoms. The van der Waals surface area contributed by atoms with Crippen LogP contribution in [0.1, 0.15) is 5.56 Å². The summed E-state index contributed by atoms with van der Waals surface area (Å²) in [6.07, 6.45) is 3.42. The first-order valence-corrected chi connectivity index (χ1v) is 9.38. The summed E-state index contributed by atoms with van der Waals surface area (Å²) in [6, 6.07) is 11.8. The van der Waals surface area contributed by atoms with E-state index in [0.29, 0.717) is 22.8 Å². The molecule has 0 N–H and O–H groups in total. The van der Waals surface area contributed by atoms with Crippen LogP contribution in [0.5, 0.6) is 11.5 Å². The number of hydrogen-bond acceptors (Lipinski definition) is 5. The highest BCUT2D eigenvalue weighted by molar-refractivity contribution is 7.07. The Morgan fingerprint density at radius 2 is 1.93 bits per heavy atom. The lowest BCUT2D eigenvalue weighted by Gasteiger charge is -2.07. The van der Waals surface area contributed by atoms with Crippen LogP contribution in [0.2, 0.25) is 0 Å². The summed E-state index contributed by atoms with van der Waals surface area (Å²) in [6.45, 7) is 4.18. The Morgan fingerprint density at radius 3 is 2.61 bits per heavy atom. The second kappa shape index (κ2) is 9.14. The number of benzene rings is 2. The van der Waals surface area contributed by atoms with E-state index in [1.165, 1.54) is 23.5 Å². The van der Waals surface area contributed by atoms with E-state index in [1.807, 2.05) is 17.5 Å². The van der Waals surface area contributed by atoms with Crippen molar-refractivity contribution in [3.63, 3.8) is 0 Å². The zero-order valence-corrected chi connectivity index (χ0v) is 16.4. The number of nitrogens with zero attached hydrogens (tertiary/aromatic N) is 3. The van der Waals surface area contributed by atoms with Crippen molar-refractivity contribution in [2.75, 3.05) is 20.8 Å². The van der Waals surface area contributed by atoms with E-state index in [2.05, 4.69) is 16.7 Å². The van der Waals surface area contributed by atoms with E-state index < -0.39 is 0 Å². The molecule has 0 fully saturated rings. The molecule has 0 aliphatic heterocycles. The monoisotopic (exact) mass is 397 g/mol. The molecule has 0 bridgehead atoms. The molecular weight excluding hydrogens is 377 g/mol. The molecule has 5 nitrogen and oxygen atoms in total. The van der Waals surface area contributed by atoms with Crippen LogP contribution in [0.3, 0.4) is 0 Å². The molecule has 28 heavy (non-hydrogen) atoms. The van der Waals surface area contributed by atoms with Gasteiger partial charge in [-0.3, -0.25) is 4.99 Å². The second-order valence-corrected chi connectivity index (χ2v) is 6.54. The summed E-state index contributed by atoms with van der Waals surface area (Å²) in [4.78, 5) is 5.21. The highest BCUT2D eigenvalue weighted by atomic mass is 32.1. The van der Waals surface area contributed by atoms with Crippen LogP contribution < -0.4 is 14.3 Å². The number of rotatable bonds is 7. The molecule has 0 amide bonds. The van der Waals surface area contributed by atoms with Crippen LogP contribution in [-0.2, 0) is 0 Å². The lowest BCUT2D eigenvalue weighted by Crippen LogP contribution is -2.12. The van der Waals surface area contributed by atoms with Crippen LogP contribution in [0, 0.1) is 5.82 Å². The average molecular weight is 397 g/mol. The number of hydrogen-bond donors (Lipinski definition) is 0. The van der Waals surface area contributed by atoms with Gasteiger partial charge in [-0.05, 0) is 36.4 Å². The fourth-order valence-electron chi connectivity index (χ4n) is 2.53. The molecule has 0 saturated heterocycles. The van der Waals surface area contributed by atoms with Gasteiger partial charge < -0.3 is 9.47 Å². The maximum Gasteiger partial charge on any atom is 0.206 e. The predicted octanol–water partition coefficient (Wildman–Crippen LogP) is 4.34. The summed E-state index contributed by atoms with van der Waals surface area (Å²) >= 11 is 1.46. The molecule has 0 atom stereocenters. The average Bonchev–Trinajstić information content (AvgIpc) is 3.13. The van der Waals surface area contributed by atoms with E-state index in [0.717, 1.165) is 16.8 Å². The van der Waals surface area contributed by atoms with Gasteiger partial charge in [0.25, 0.3) is 0 Å². The van der Waals surface area contributed by atoms with Gasteiger partial charge in [-0.1, -0.05) is 6.08 Å². The number of ether oxygens (including phenoxy) is 2. The number of aromatic nitrogens is 1. The van der Waals surface area contributed by atoms with Crippen molar-refractivity contribution in [2.45, 2.75) is 0 Å². The first-order chi connectivity index (χ1) is 13.7. The first-order valence-electron chi connectivity index (χ1n) is 8.50. The molecule has 3 aromatic rings. The molecule has 0 radical (unpaired) electrons. The molecule has 0 unspecified atom stereocenters. The highest BCUT2D eigenvalue weighted by Gasteiger charge is 2.08. The maximum atomic E-state index is 13.3. The van der Waals surface area contributed by atoms with Gasteiger partial charge in [0.15, 0.2) is 0 Å². The van der Waals surface area contributed by atoms with Gasteiger partial charge >= 0.3 is 0 Å². The van der Waals surface area contributed by atoms with Crippen LogP contribution in [0.4, 0.5) is 4.39 Å². The van der Waals surface area contributed by atoms with E-state index in [-0.39, 0.29) is 5.82 Å².